The maximum Gasteiger partial charge on any atom is 0.228 e. The minimum Gasteiger partial charge on any atom is -0.495 e. The molecule has 5 heteroatoms. The van der Waals surface area contributed by atoms with Gasteiger partial charge < -0.3 is 15.8 Å². The van der Waals surface area contributed by atoms with Gasteiger partial charge in [0.05, 0.1) is 19.2 Å². The van der Waals surface area contributed by atoms with Crippen molar-refractivity contribution in [3.8, 4) is 5.75 Å². The third-order valence-corrected chi connectivity index (χ3v) is 3.57. The van der Waals surface area contributed by atoms with E-state index < -0.39 is 0 Å². The number of methoxy groups -OCH3 is 1. The number of rotatable bonds is 4. The average Bonchev–Trinajstić information content (AvgIpc) is 2.45. The first-order valence-corrected chi connectivity index (χ1v) is 6.86. The van der Waals surface area contributed by atoms with Crippen LogP contribution in [0.4, 0.5) is 11.4 Å². The van der Waals surface area contributed by atoms with E-state index in [0.717, 1.165) is 11.1 Å². The van der Waals surface area contributed by atoms with Crippen molar-refractivity contribution >= 4 is 28.9 Å². The number of amides is 1. The number of carbonyl (C=O) groups excluding carboxylic acids is 1. The van der Waals surface area contributed by atoms with Crippen LogP contribution in [0.15, 0.2) is 36.4 Å². The van der Waals surface area contributed by atoms with E-state index in [9.17, 15) is 4.79 Å². The number of nitrogens with one attached hydrogen (secondary N) is 1. The quantitative estimate of drug-likeness (QED) is 0.851. The van der Waals surface area contributed by atoms with Gasteiger partial charge in [-0.05, 0) is 30.2 Å². The molecule has 0 bridgehead atoms. The molecule has 3 N–H and O–H groups in total. The van der Waals surface area contributed by atoms with Crippen molar-refractivity contribution in [2.24, 2.45) is 0 Å². The van der Waals surface area contributed by atoms with Crippen LogP contribution in [-0.4, -0.2) is 13.0 Å². The fourth-order valence-electron chi connectivity index (χ4n) is 1.99. The van der Waals surface area contributed by atoms with Gasteiger partial charge in [0.15, 0.2) is 0 Å². The van der Waals surface area contributed by atoms with E-state index in [1.165, 1.54) is 7.11 Å². The lowest BCUT2D eigenvalue weighted by atomic mass is 10.1. The molecule has 21 heavy (non-hydrogen) atoms. The first kappa shape index (κ1) is 15.2. The average molecular weight is 305 g/mol. The number of carbonyl (C=O) groups is 1. The molecule has 110 valence electrons. The van der Waals surface area contributed by atoms with Crippen molar-refractivity contribution in [3.63, 3.8) is 0 Å². The molecule has 2 aromatic carbocycles. The predicted octanol–water partition coefficient (Wildman–Crippen LogP) is 3.42. The van der Waals surface area contributed by atoms with Gasteiger partial charge in [-0.3, -0.25) is 4.79 Å². The summed E-state index contributed by atoms with van der Waals surface area (Å²) in [5.74, 6) is 0.368. The number of anilines is 2. The number of ether oxygens (including phenoxy) is 1. The van der Waals surface area contributed by atoms with Crippen LogP contribution >= 0.6 is 11.6 Å². The third kappa shape index (κ3) is 3.67. The molecule has 0 atom stereocenters. The van der Waals surface area contributed by atoms with Crippen molar-refractivity contribution in [2.75, 3.05) is 18.2 Å². The summed E-state index contributed by atoms with van der Waals surface area (Å²) in [6.45, 7) is 1.87. The molecule has 0 radical (unpaired) electrons. The molecule has 0 saturated heterocycles. The predicted molar refractivity (Wildman–Crippen MR) is 85.9 cm³/mol. The summed E-state index contributed by atoms with van der Waals surface area (Å²) in [4.78, 5) is 12.1. The number of hydrogen-bond acceptors (Lipinski definition) is 3. The van der Waals surface area contributed by atoms with Crippen molar-refractivity contribution < 1.29 is 9.53 Å². The number of para-hydroxylation sites is 1. The number of aryl methyl sites for hydroxylation is 1. The van der Waals surface area contributed by atoms with Crippen LogP contribution in [0.1, 0.15) is 11.1 Å². The van der Waals surface area contributed by atoms with Gasteiger partial charge in [0.25, 0.3) is 0 Å². The van der Waals surface area contributed by atoms with Crippen molar-refractivity contribution in [2.45, 2.75) is 13.3 Å². The molecule has 0 unspecified atom stereocenters. The summed E-state index contributed by atoms with van der Waals surface area (Å²) in [7, 11) is 1.53. The third-order valence-electron chi connectivity index (χ3n) is 3.16. The normalized spacial score (nSPS) is 10.2. The zero-order valence-corrected chi connectivity index (χ0v) is 12.7. The molecule has 0 aromatic heterocycles. The summed E-state index contributed by atoms with van der Waals surface area (Å²) in [5.41, 5.74) is 8.70. The highest BCUT2D eigenvalue weighted by Crippen LogP contribution is 2.31. The summed E-state index contributed by atoms with van der Waals surface area (Å²) in [6.07, 6.45) is 0.206. The molecule has 4 nitrogen and oxygen atoms in total. The lowest BCUT2D eigenvalue weighted by molar-refractivity contribution is -0.115. The van der Waals surface area contributed by atoms with Crippen LogP contribution in [0.5, 0.6) is 5.75 Å². The van der Waals surface area contributed by atoms with Crippen LogP contribution in [0.3, 0.4) is 0 Å². The largest absolute Gasteiger partial charge is 0.495 e. The van der Waals surface area contributed by atoms with E-state index in [1.54, 1.807) is 18.2 Å². The molecule has 0 aliphatic rings. The fraction of sp³-hybridized carbons (Fsp3) is 0.188. The Morgan fingerprint density at radius 3 is 2.71 bits per heavy atom. The Labute approximate surface area is 128 Å². The summed E-state index contributed by atoms with van der Waals surface area (Å²) in [5, 5.41) is 3.42. The number of nitrogens with two attached hydrogens (primary N) is 1. The van der Waals surface area contributed by atoms with Crippen molar-refractivity contribution in [3.05, 3.63) is 52.5 Å². The molecule has 0 aliphatic carbocycles. The van der Waals surface area contributed by atoms with Crippen LogP contribution in [-0.2, 0) is 11.2 Å². The minimum absolute atomic E-state index is 0.159. The Morgan fingerprint density at radius 1 is 1.33 bits per heavy atom. The van der Waals surface area contributed by atoms with Gasteiger partial charge in [-0.1, -0.05) is 29.8 Å². The molecule has 0 spiro atoms. The molecule has 0 aliphatic heterocycles. The highest BCUT2D eigenvalue weighted by atomic mass is 35.5. The standard InChI is InChI=1S/C16H17ClN2O2/c1-10-7-14(15(21-2)9-12(10)17)19-16(20)8-11-5-3-4-6-13(11)18/h3-7,9H,8,18H2,1-2H3,(H,19,20). The molecule has 0 saturated carbocycles. The Kier molecular flexibility index (Phi) is 4.70. The first-order valence-electron chi connectivity index (χ1n) is 6.48. The Balaban J connectivity index is 2.17. The monoisotopic (exact) mass is 304 g/mol. The SMILES string of the molecule is COc1cc(Cl)c(C)cc1NC(=O)Cc1ccccc1N. The van der Waals surface area contributed by atoms with Gasteiger partial charge in [0.1, 0.15) is 5.75 Å². The van der Waals surface area contributed by atoms with Crippen LogP contribution < -0.4 is 15.8 Å². The van der Waals surface area contributed by atoms with Gasteiger partial charge in [-0.2, -0.15) is 0 Å². The molecular weight excluding hydrogens is 288 g/mol. The lowest BCUT2D eigenvalue weighted by Crippen LogP contribution is -2.16. The van der Waals surface area contributed by atoms with E-state index in [-0.39, 0.29) is 12.3 Å². The highest BCUT2D eigenvalue weighted by molar-refractivity contribution is 6.31. The smallest absolute Gasteiger partial charge is 0.228 e. The topological polar surface area (TPSA) is 64.3 Å². The van der Waals surface area contributed by atoms with Gasteiger partial charge in [0.2, 0.25) is 5.91 Å². The van der Waals surface area contributed by atoms with Crippen LogP contribution in [0.2, 0.25) is 5.02 Å². The van der Waals surface area contributed by atoms with Crippen LogP contribution in [0.25, 0.3) is 0 Å². The fourth-order valence-corrected chi connectivity index (χ4v) is 2.15. The Morgan fingerprint density at radius 2 is 2.05 bits per heavy atom. The van der Waals surface area contributed by atoms with Gasteiger partial charge in [-0.25, -0.2) is 0 Å². The van der Waals surface area contributed by atoms with Gasteiger partial charge in [0, 0.05) is 16.8 Å². The Hall–Kier alpha value is -2.20. The number of hydrogen-bond donors (Lipinski definition) is 2. The van der Waals surface area contributed by atoms with E-state index in [0.29, 0.717) is 22.1 Å². The maximum absolute atomic E-state index is 12.1. The van der Waals surface area contributed by atoms with Gasteiger partial charge in [-0.15, -0.1) is 0 Å². The van der Waals surface area contributed by atoms with Gasteiger partial charge >= 0.3 is 0 Å². The summed E-state index contributed by atoms with van der Waals surface area (Å²) in [6, 6.07) is 10.8. The summed E-state index contributed by atoms with van der Waals surface area (Å²) >= 11 is 6.04. The van der Waals surface area contributed by atoms with Crippen molar-refractivity contribution in [1.29, 1.82) is 0 Å². The molecule has 1 amide bonds. The second-order valence-corrected chi connectivity index (χ2v) is 5.13. The van der Waals surface area contributed by atoms with Crippen LogP contribution in [0, 0.1) is 6.92 Å². The summed E-state index contributed by atoms with van der Waals surface area (Å²) < 4.78 is 5.23. The van der Waals surface area contributed by atoms with E-state index in [4.69, 9.17) is 22.1 Å². The van der Waals surface area contributed by atoms with E-state index in [1.807, 2.05) is 25.1 Å². The number of nitrogen functional groups attached to an aromatic ring is 1. The molecule has 0 fully saturated rings. The van der Waals surface area contributed by atoms with Crippen molar-refractivity contribution in [1.82, 2.24) is 0 Å². The molecule has 0 heterocycles. The zero-order chi connectivity index (χ0) is 15.4. The molecule has 2 rings (SSSR count). The zero-order valence-electron chi connectivity index (χ0n) is 11.9. The molecule has 2 aromatic rings. The van der Waals surface area contributed by atoms with E-state index >= 15 is 0 Å². The molecular formula is C16H17ClN2O2. The first-order chi connectivity index (χ1) is 10.0. The highest BCUT2D eigenvalue weighted by Gasteiger charge is 2.11. The lowest BCUT2D eigenvalue weighted by Gasteiger charge is -2.12. The maximum atomic E-state index is 12.1. The Bertz CT molecular complexity index is 671. The minimum atomic E-state index is -0.159. The number of benzene rings is 2. The number of halogens is 1. The second-order valence-electron chi connectivity index (χ2n) is 4.73. The van der Waals surface area contributed by atoms with E-state index in [2.05, 4.69) is 5.32 Å². The second kappa shape index (κ2) is 6.50.